The summed E-state index contributed by atoms with van der Waals surface area (Å²) in [6, 6.07) is 9.03. The highest BCUT2D eigenvalue weighted by Gasteiger charge is 2.16. The zero-order chi connectivity index (χ0) is 10.7. The van der Waals surface area contributed by atoms with Crippen LogP contribution < -0.4 is 0 Å². The van der Waals surface area contributed by atoms with E-state index >= 15 is 0 Å². The molecule has 0 aromatic heterocycles. The molecule has 1 aliphatic heterocycles. The molecule has 0 atom stereocenters. The maximum atomic E-state index is 12.1. The average molecular weight is 220 g/mol. The lowest BCUT2D eigenvalue weighted by atomic mass is 10.2. The van der Waals surface area contributed by atoms with Gasteiger partial charge in [-0.3, -0.25) is 0 Å². The van der Waals surface area contributed by atoms with Gasteiger partial charge in [0.15, 0.2) is 0 Å². The molecule has 1 heterocycles. The third-order valence-corrected chi connectivity index (χ3v) is 4.82. The van der Waals surface area contributed by atoms with E-state index in [1.54, 1.807) is 24.3 Å². The third-order valence-electron chi connectivity index (χ3n) is 2.42. The Morgan fingerprint density at radius 3 is 2.73 bits per heavy atom. The summed E-state index contributed by atoms with van der Waals surface area (Å²) in [6.45, 7) is 0. The predicted molar refractivity (Wildman–Crippen MR) is 60.4 cm³/mol. The molecule has 4 heteroatoms. The van der Waals surface area contributed by atoms with Crippen LogP contribution in [0.15, 0.2) is 28.6 Å². The second-order valence-corrected chi connectivity index (χ2v) is 6.19. The minimum atomic E-state index is -2.02. The van der Waals surface area contributed by atoms with Crippen LogP contribution in [0.2, 0.25) is 0 Å². The standard InChI is InChI=1S/C11H12N2OS/c12-9-10-4-3-5-11(8-10)13-15(14)6-1-2-7-15/h3-5,8H,1-2,6-7H2. The van der Waals surface area contributed by atoms with E-state index < -0.39 is 9.73 Å². The summed E-state index contributed by atoms with van der Waals surface area (Å²) in [5, 5.41) is 8.72. The van der Waals surface area contributed by atoms with Crippen LogP contribution in [0.1, 0.15) is 18.4 Å². The number of benzene rings is 1. The molecule has 2 rings (SSSR count). The Kier molecular flexibility index (Phi) is 2.74. The molecular weight excluding hydrogens is 208 g/mol. The molecule has 0 saturated carbocycles. The highest BCUT2D eigenvalue weighted by atomic mass is 32.2. The largest absolute Gasteiger partial charge is 0.249 e. The summed E-state index contributed by atoms with van der Waals surface area (Å²) in [5.74, 6) is 1.40. The van der Waals surface area contributed by atoms with Gasteiger partial charge in [0, 0.05) is 11.5 Å². The van der Waals surface area contributed by atoms with Crippen LogP contribution in [0.4, 0.5) is 5.69 Å². The molecule has 0 amide bonds. The van der Waals surface area contributed by atoms with Gasteiger partial charge in [0.05, 0.1) is 27.0 Å². The summed E-state index contributed by atoms with van der Waals surface area (Å²) >= 11 is 0. The normalized spacial score (nSPS) is 18.3. The molecule has 0 radical (unpaired) electrons. The maximum Gasteiger partial charge on any atom is 0.0992 e. The van der Waals surface area contributed by atoms with Crippen molar-refractivity contribution in [2.75, 3.05) is 11.5 Å². The molecule has 1 aromatic rings. The van der Waals surface area contributed by atoms with Gasteiger partial charge in [0.2, 0.25) is 0 Å². The van der Waals surface area contributed by atoms with Crippen molar-refractivity contribution < 1.29 is 4.21 Å². The molecule has 1 saturated heterocycles. The van der Waals surface area contributed by atoms with Gasteiger partial charge in [-0.05, 0) is 31.0 Å². The van der Waals surface area contributed by atoms with Crippen molar-refractivity contribution in [3.8, 4) is 6.07 Å². The highest BCUT2D eigenvalue weighted by Crippen LogP contribution is 2.21. The Bertz CT molecular complexity index is 510. The number of rotatable bonds is 1. The summed E-state index contributed by atoms with van der Waals surface area (Å²) in [7, 11) is -2.02. The fraction of sp³-hybridized carbons (Fsp3) is 0.364. The van der Waals surface area contributed by atoms with Crippen molar-refractivity contribution >= 4 is 15.4 Å². The van der Waals surface area contributed by atoms with Gasteiger partial charge in [-0.15, -0.1) is 0 Å². The number of nitrogens with zero attached hydrogens (tertiary/aromatic N) is 2. The van der Waals surface area contributed by atoms with Crippen LogP contribution in [-0.4, -0.2) is 15.7 Å². The van der Waals surface area contributed by atoms with E-state index in [9.17, 15) is 4.21 Å². The van der Waals surface area contributed by atoms with E-state index in [0.29, 0.717) is 22.8 Å². The van der Waals surface area contributed by atoms with E-state index in [2.05, 4.69) is 10.4 Å². The molecular formula is C11H12N2OS. The van der Waals surface area contributed by atoms with Crippen LogP contribution >= 0.6 is 0 Å². The summed E-state index contributed by atoms with van der Waals surface area (Å²) in [6.07, 6.45) is 2.00. The van der Waals surface area contributed by atoms with Crippen molar-refractivity contribution in [1.82, 2.24) is 0 Å². The predicted octanol–water partition coefficient (Wildman–Crippen LogP) is 2.45. The van der Waals surface area contributed by atoms with Crippen molar-refractivity contribution in [2.24, 2.45) is 4.36 Å². The Balaban J connectivity index is 2.39. The molecule has 0 bridgehead atoms. The van der Waals surface area contributed by atoms with Gasteiger partial charge in [-0.2, -0.15) is 9.62 Å². The smallest absolute Gasteiger partial charge is 0.0992 e. The van der Waals surface area contributed by atoms with Crippen LogP contribution in [-0.2, 0) is 9.73 Å². The first-order chi connectivity index (χ1) is 7.22. The molecule has 15 heavy (non-hydrogen) atoms. The molecule has 3 nitrogen and oxygen atoms in total. The molecule has 1 fully saturated rings. The lowest BCUT2D eigenvalue weighted by molar-refractivity contribution is 0.681. The van der Waals surface area contributed by atoms with Crippen molar-refractivity contribution in [3.05, 3.63) is 29.8 Å². The first kappa shape index (κ1) is 10.2. The minimum absolute atomic E-state index is 0.567. The summed E-state index contributed by atoms with van der Waals surface area (Å²) in [4.78, 5) is 0. The summed E-state index contributed by atoms with van der Waals surface area (Å²) < 4.78 is 16.4. The first-order valence-electron chi connectivity index (χ1n) is 4.95. The molecule has 1 aromatic carbocycles. The van der Waals surface area contributed by atoms with Gasteiger partial charge in [-0.1, -0.05) is 6.07 Å². The zero-order valence-corrected chi connectivity index (χ0v) is 9.17. The fourth-order valence-electron chi connectivity index (χ4n) is 1.67. The second-order valence-electron chi connectivity index (χ2n) is 3.64. The van der Waals surface area contributed by atoms with Gasteiger partial charge in [0.25, 0.3) is 0 Å². The molecule has 78 valence electrons. The van der Waals surface area contributed by atoms with Gasteiger partial charge in [-0.25, -0.2) is 4.21 Å². The molecule has 0 unspecified atom stereocenters. The van der Waals surface area contributed by atoms with E-state index in [0.717, 1.165) is 12.8 Å². The van der Waals surface area contributed by atoms with E-state index in [4.69, 9.17) is 5.26 Å². The molecule has 0 N–H and O–H groups in total. The second kappa shape index (κ2) is 4.03. The Morgan fingerprint density at radius 2 is 2.07 bits per heavy atom. The third kappa shape index (κ3) is 2.37. The highest BCUT2D eigenvalue weighted by molar-refractivity contribution is 7.93. The number of hydrogen-bond donors (Lipinski definition) is 0. The fourth-order valence-corrected chi connectivity index (χ4v) is 3.87. The van der Waals surface area contributed by atoms with Crippen LogP contribution in [0.3, 0.4) is 0 Å². The topological polar surface area (TPSA) is 53.2 Å². The Morgan fingerprint density at radius 1 is 1.33 bits per heavy atom. The average Bonchev–Trinajstić information content (AvgIpc) is 2.65. The molecule has 0 aliphatic carbocycles. The number of nitriles is 1. The zero-order valence-electron chi connectivity index (χ0n) is 8.35. The van der Waals surface area contributed by atoms with Gasteiger partial charge >= 0.3 is 0 Å². The molecule has 0 spiro atoms. The van der Waals surface area contributed by atoms with Crippen molar-refractivity contribution in [3.63, 3.8) is 0 Å². The van der Waals surface area contributed by atoms with Gasteiger partial charge in [0.1, 0.15) is 0 Å². The number of hydrogen-bond acceptors (Lipinski definition) is 3. The van der Waals surface area contributed by atoms with E-state index in [1.165, 1.54) is 0 Å². The van der Waals surface area contributed by atoms with Crippen molar-refractivity contribution in [1.29, 1.82) is 5.26 Å². The maximum absolute atomic E-state index is 12.1. The lowest BCUT2D eigenvalue weighted by Crippen LogP contribution is -1.99. The quantitative estimate of drug-likeness (QED) is 0.730. The van der Waals surface area contributed by atoms with Gasteiger partial charge < -0.3 is 0 Å². The summed E-state index contributed by atoms with van der Waals surface area (Å²) in [5.41, 5.74) is 1.23. The van der Waals surface area contributed by atoms with Crippen LogP contribution in [0, 0.1) is 11.3 Å². The van der Waals surface area contributed by atoms with Crippen LogP contribution in [0.25, 0.3) is 0 Å². The van der Waals surface area contributed by atoms with Crippen molar-refractivity contribution in [2.45, 2.75) is 12.8 Å². The SMILES string of the molecule is N#Cc1cccc(N=S2(=O)CCCC2)c1. The monoisotopic (exact) mass is 220 g/mol. The van der Waals surface area contributed by atoms with Crippen LogP contribution in [0.5, 0.6) is 0 Å². The van der Waals surface area contributed by atoms with E-state index in [-0.39, 0.29) is 0 Å². The Labute approximate surface area is 89.9 Å². The minimum Gasteiger partial charge on any atom is -0.249 e. The lowest BCUT2D eigenvalue weighted by Gasteiger charge is -2.00. The Hall–Kier alpha value is -1.34. The molecule has 1 aliphatic rings. The van der Waals surface area contributed by atoms with E-state index in [1.807, 2.05) is 0 Å². The first-order valence-corrected chi connectivity index (χ1v) is 6.80.